The van der Waals surface area contributed by atoms with E-state index < -0.39 is 0 Å². The molecule has 1 aromatic carbocycles. The second-order valence-electron chi connectivity index (χ2n) is 4.14. The Balaban J connectivity index is 2.41. The standard InChI is InChI=1S/C13H16O/c1-10-4-2-5-11-6-3-7-12(8-9-14)13(10)11/h2,4-5,9,12H,3,6-8H2,1H3. The number of aldehydes is 1. The Labute approximate surface area is 85.1 Å². The zero-order valence-corrected chi connectivity index (χ0v) is 8.62. The Morgan fingerprint density at radius 2 is 2.36 bits per heavy atom. The van der Waals surface area contributed by atoms with Gasteiger partial charge in [-0.3, -0.25) is 0 Å². The maximum atomic E-state index is 10.6. The number of benzene rings is 1. The van der Waals surface area contributed by atoms with Crippen LogP contribution < -0.4 is 0 Å². The summed E-state index contributed by atoms with van der Waals surface area (Å²) in [7, 11) is 0. The molecule has 0 saturated heterocycles. The number of carbonyl (C=O) groups excluding carboxylic acids is 1. The lowest BCUT2D eigenvalue weighted by Gasteiger charge is -2.25. The molecule has 0 radical (unpaired) electrons. The molecule has 1 unspecified atom stereocenters. The van der Waals surface area contributed by atoms with Gasteiger partial charge in [0, 0.05) is 6.42 Å². The van der Waals surface area contributed by atoms with E-state index >= 15 is 0 Å². The summed E-state index contributed by atoms with van der Waals surface area (Å²) >= 11 is 0. The summed E-state index contributed by atoms with van der Waals surface area (Å²) in [4.78, 5) is 10.6. The molecule has 1 aromatic rings. The summed E-state index contributed by atoms with van der Waals surface area (Å²) in [6, 6.07) is 6.48. The third-order valence-electron chi connectivity index (χ3n) is 3.20. The molecule has 0 amide bonds. The number of rotatable bonds is 2. The Morgan fingerprint density at radius 3 is 3.14 bits per heavy atom. The highest BCUT2D eigenvalue weighted by Crippen LogP contribution is 2.35. The van der Waals surface area contributed by atoms with Gasteiger partial charge in [0.2, 0.25) is 0 Å². The molecule has 0 bridgehead atoms. The smallest absolute Gasteiger partial charge is 0.120 e. The SMILES string of the molecule is Cc1cccc2c1C(CC=O)CCC2. The van der Waals surface area contributed by atoms with Crippen molar-refractivity contribution in [2.24, 2.45) is 0 Å². The van der Waals surface area contributed by atoms with Gasteiger partial charge < -0.3 is 4.79 Å². The molecule has 0 heterocycles. The van der Waals surface area contributed by atoms with Crippen LogP contribution in [0.5, 0.6) is 0 Å². The van der Waals surface area contributed by atoms with E-state index in [2.05, 4.69) is 25.1 Å². The van der Waals surface area contributed by atoms with Gasteiger partial charge in [-0.1, -0.05) is 18.2 Å². The van der Waals surface area contributed by atoms with E-state index in [0.29, 0.717) is 12.3 Å². The van der Waals surface area contributed by atoms with E-state index in [0.717, 1.165) is 6.29 Å². The van der Waals surface area contributed by atoms with Crippen LogP contribution in [0.1, 0.15) is 41.9 Å². The van der Waals surface area contributed by atoms with Crippen molar-refractivity contribution < 1.29 is 4.79 Å². The predicted molar refractivity (Wildman–Crippen MR) is 57.5 cm³/mol. The van der Waals surface area contributed by atoms with Crippen molar-refractivity contribution in [3.63, 3.8) is 0 Å². The molecule has 14 heavy (non-hydrogen) atoms. The van der Waals surface area contributed by atoms with Crippen molar-refractivity contribution in [2.45, 2.75) is 38.5 Å². The van der Waals surface area contributed by atoms with Crippen molar-refractivity contribution in [1.82, 2.24) is 0 Å². The fourth-order valence-corrected chi connectivity index (χ4v) is 2.58. The molecule has 0 N–H and O–H groups in total. The minimum atomic E-state index is 0.484. The van der Waals surface area contributed by atoms with Crippen molar-refractivity contribution in [2.75, 3.05) is 0 Å². The Morgan fingerprint density at radius 1 is 1.50 bits per heavy atom. The second kappa shape index (κ2) is 3.95. The zero-order chi connectivity index (χ0) is 9.97. The highest BCUT2D eigenvalue weighted by atomic mass is 16.1. The van der Waals surface area contributed by atoms with E-state index in [1.165, 1.54) is 36.0 Å². The summed E-state index contributed by atoms with van der Waals surface area (Å²) in [6.07, 6.45) is 5.35. The largest absolute Gasteiger partial charge is 0.303 e. The van der Waals surface area contributed by atoms with Crippen LogP contribution in [0, 0.1) is 6.92 Å². The van der Waals surface area contributed by atoms with E-state index in [1.807, 2.05) is 0 Å². The summed E-state index contributed by atoms with van der Waals surface area (Å²) in [6.45, 7) is 2.15. The summed E-state index contributed by atoms with van der Waals surface area (Å²) in [5, 5.41) is 0. The summed E-state index contributed by atoms with van der Waals surface area (Å²) in [5.41, 5.74) is 4.27. The molecule has 0 saturated carbocycles. The van der Waals surface area contributed by atoms with Crippen molar-refractivity contribution >= 4 is 6.29 Å². The molecular formula is C13H16O. The van der Waals surface area contributed by atoms with Crippen LogP contribution in [0.2, 0.25) is 0 Å². The first-order chi connectivity index (χ1) is 6.83. The highest BCUT2D eigenvalue weighted by Gasteiger charge is 2.20. The van der Waals surface area contributed by atoms with Gasteiger partial charge in [0.25, 0.3) is 0 Å². The van der Waals surface area contributed by atoms with Gasteiger partial charge >= 0.3 is 0 Å². The minimum absolute atomic E-state index is 0.484. The second-order valence-corrected chi connectivity index (χ2v) is 4.14. The molecule has 0 aliphatic heterocycles. The topological polar surface area (TPSA) is 17.1 Å². The number of aryl methyl sites for hydroxylation is 2. The average molecular weight is 188 g/mol. The van der Waals surface area contributed by atoms with Crippen LogP contribution in [-0.2, 0) is 11.2 Å². The first kappa shape index (κ1) is 9.45. The lowest BCUT2D eigenvalue weighted by molar-refractivity contribution is -0.108. The lowest BCUT2D eigenvalue weighted by Crippen LogP contribution is -2.11. The van der Waals surface area contributed by atoms with Crippen LogP contribution in [0.4, 0.5) is 0 Å². The molecule has 0 fully saturated rings. The number of hydrogen-bond donors (Lipinski definition) is 0. The van der Waals surface area contributed by atoms with Gasteiger partial charge in [-0.25, -0.2) is 0 Å². The zero-order valence-electron chi connectivity index (χ0n) is 8.62. The van der Waals surface area contributed by atoms with Crippen LogP contribution >= 0.6 is 0 Å². The first-order valence-corrected chi connectivity index (χ1v) is 5.35. The molecule has 0 spiro atoms. The molecule has 1 aliphatic rings. The molecule has 1 atom stereocenters. The monoisotopic (exact) mass is 188 g/mol. The van der Waals surface area contributed by atoms with E-state index in [4.69, 9.17) is 0 Å². The predicted octanol–water partition coefficient (Wildman–Crippen LogP) is 3.00. The number of fused-ring (bicyclic) bond motifs is 1. The fourth-order valence-electron chi connectivity index (χ4n) is 2.58. The summed E-state index contributed by atoms with van der Waals surface area (Å²) in [5.74, 6) is 0.484. The number of carbonyl (C=O) groups is 1. The van der Waals surface area contributed by atoms with Gasteiger partial charge in [-0.2, -0.15) is 0 Å². The van der Waals surface area contributed by atoms with E-state index in [9.17, 15) is 4.79 Å². The lowest BCUT2D eigenvalue weighted by atomic mass is 9.79. The van der Waals surface area contributed by atoms with Crippen molar-refractivity contribution in [3.05, 3.63) is 34.9 Å². The fraction of sp³-hybridized carbons (Fsp3) is 0.462. The van der Waals surface area contributed by atoms with Crippen LogP contribution in [0.15, 0.2) is 18.2 Å². The summed E-state index contributed by atoms with van der Waals surface area (Å²) < 4.78 is 0. The van der Waals surface area contributed by atoms with Gasteiger partial charge in [0.15, 0.2) is 0 Å². The van der Waals surface area contributed by atoms with Crippen LogP contribution in [-0.4, -0.2) is 6.29 Å². The molecule has 1 aliphatic carbocycles. The molecular weight excluding hydrogens is 172 g/mol. The average Bonchev–Trinajstić information content (AvgIpc) is 2.19. The molecule has 74 valence electrons. The number of hydrogen-bond acceptors (Lipinski definition) is 1. The molecule has 1 heteroatoms. The van der Waals surface area contributed by atoms with Crippen LogP contribution in [0.3, 0.4) is 0 Å². The molecule has 2 rings (SSSR count). The van der Waals surface area contributed by atoms with Crippen LogP contribution in [0.25, 0.3) is 0 Å². The van der Waals surface area contributed by atoms with Crippen molar-refractivity contribution in [3.8, 4) is 0 Å². The van der Waals surface area contributed by atoms with E-state index in [1.54, 1.807) is 0 Å². The van der Waals surface area contributed by atoms with Gasteiger partial charge in [0.05, 0.1) is 0 Å². The van der Waals surface area contributed by atoms with Gasteiger partial charge in [-0.15, -0.1) is 0 Å². The van der Waals surface area contributed by atoms with Gasteiger partial charge in [0.1, 0.15) is 6.29 Å². The molecule has 1 nitrogen and oxygen atoms in total. The maximum Gasteiger partial charge on any atom is 0.120 e. The van der Waals surface area contributed by atoms with Gasteiger partial charge in [-0.05, 0) is 48.8 Å². The Bertz CT molecular complexity index is 341. The quantitative estimate of drug-likeness (QED) is 0.652. The third kappa shape index (κ3) is 1.59. The van der Waals surface area contributed by atoms with Crippen molar-refractivity contribution in [1.29, 1.82) is 0 Å². The minimum Gasteiger partial charge on any atom is -0.303 e. The van der Waals surface area contributed by atoms with E-state index in [-0.39, 0.29) is 0 Å². The maximum absolute atomic E-state index is 10.6. The third-order valence-corrected chi connectivity index (χ3v) is 3.20. The Hall–Kier alpha value is -1.11. The highest BCUT2D eigenvalue weighted by molar-refractivity contribution is 5.53. The Kier molecular flexibility index (Phi) is 2.67. The normalized spacial score (nSPS) is 20.2. The first-order valence-electron chi connectivity index (χ1n) is 5.35. The molecule has 0 aromatic heterocycles.